The van der Waals surface area contributed by atoms with E-state index >= 15 is 0 Å². The maximum absolute atomic E-state index is 13.3. The number of alkyl halides is 7. The standard InChI is InChI=1S/C10H5F7N2/c11-8(12,9(13,14)10(15,16)17)7-18-5-3-1-2-4-6(5)19-7/h1-4H,(H,18,19). The van der Waals surface area contributed by atoms with E-state index in [2.05, 4.69) is 4.98 Å². The third-order valence-corrected chi connectivity index (χ3v) is 2.44. The molecule has 0 atom stereocenters. The molecular formula is C10H5F7N2. The predicted octanol–water partition coefficient (Wildman–Crippen LogP) is 3.85. The Hall–Kier alpha value is -1.80. The number of H-pyrrole nitrogens is 1. The molecule has 19 heavy (non-hydrogen) atoms. The van der Waals surface area contributed by atoms with Crippen LogP contribution < -0.4 is 0 Å². The summed E-state index contributed by atoms with van der Waals surface area (Å²) in [7, 11) is 0. The molecule has 0 unspecified atom stereocenters. The fourth-order valence-electron chi connectivity index (χ4n) is 1.43. The summed E-state index contributed by atoms with van der Waals surface area (Å²) in [5.74, 6) is -13.4. The van der Waals surface area contributed by atoms with E-state index in [0.29, 0.717) is 0 Å². The average Bonchev–Trinajstić information content (AvgIpc) is 2.71. The monoisotopic (exact) mass is 286 g/mol. The molecule has 0 radical (unpaired) electrons. The summed E-state index contributed by atoms with van der Waals surface area (Å²) in [4.78, 5) is 4.85. The Morgan fingerprint density at radius 1 is 0.895 bits per heavy atom. The zero-order valence-corrected chi connectivity index (χ0v) is 8.90. The summed E-state index contributed by atoms with van der Waals surface area (Å²) in [6.45, 7) is 0. The summed E-state index contributed by atoms with van der Waals surface area (Å²) in [6.07, 6.45) is -6.38. The number of aromatic amines is 1. The lowest BCUT2D eigenvalue weighted by Crippen LogP contribution is -2.50. The first-order chi connectivity index (χ1) is 8.57. The predicted molar refractivity (Wildman–Crippen MR) is 51.0 cm³/mol. The number of rotatable bonds is 2. The van der Waals surface area contributed by atoms with Gasteiger partial charge in [-0.25, -0.2) is 4.98 Å². The van der Waals surface area contributed by atoms with E-state index in [1.807, 2.05) is 0 Å². The number of aromatic nitrogens is 2. The van der Waals surface area contributed by atoms with Crippen LogP contribution in [0.1, 0.15) is 5.82 Å². The second-order valence-electron chi connectivity index (χ2n) is 3.75. The zero-order valence-electron chi connectivity index (χ0n) is 8.90. The minimum absolute atomic E-state index is 0.0600. The van der Waals surface area contributed by atoms with Gasteiger partial charge in [0.15, 0.2) is 5.82 Å². The molecule has 2 nitrogen and oxygen atoms in total. The quantitative estimate of drug-likeness (QED) is 0.834. The molecule has 0 aliphatic rings. The minimum atomic E-state index is -6.38. The lowest BCUT2D eigenvalue weighted by atomic mass is 10.1. The number of hydrogen-bond donors (Lipinski definition) is 1. The van der Waals surface area contributed by atoms with Crippen LogP contribution in [0.25, 0.3) is 11.0 Å². The summed E-state index contributed by atoms with van der Waals surface area (Å²) in [5, 5.41) is 0. The van der Waals surface area contributed by atoms with E-state index in [9.17, 15) is 30.7 Å². The van der Waals surface area contributed by atoms with Gasteiger partial charge in [-0.2, -0.15) is 30.7 Å². The van der Waals surface area contributed by atoms with E-state index in [1.54, 1.807) is 4.98 Å². The van der Waals surface area contributed by atoms with Crippen LogP contribution in [-0.2, 0) is 5.92 Å². The molecule has 2 rings (SSSR count). The Labute approximate surface area is 101 Å². The van der Waals surface area contributed by atoms with E-state index in [1.165, 1.54) is 24.3 Å². The van der Waals surface area contributed by atoms with Gasteiger partial charge in [-0.1, -0.05) is 12.1 Å². The third kappa shape index (κ3) is 1.92. The highest BCUT2D eigenvalue weighted by molar-refractivity contribution is 5.74. The van der Waals surface area contributed by atoms with Crippen molar-refractivity contribution in [2.24, 2.45) is 0 Å². The van der Waals surface area contributed by atoms with Crippen LogP contribution in [0.15, 0.2) is 24.3 Å². The first-order valence-electron chi connectivity index (χ1n) is 4.85. The average molecular weight is 286 g/mol. The topological polar surface area (TPSA) is 28.7 Å². The molecule has 1 aromatic carbocycles. The lowest BCUT2D eigenvalue weighted by Gasteiger charge is -2.26. The highest BCUT2D eigenvalue weighted by atomic mass is 19.4. The van der Waals surface area contributed by atoms with Crippen molar-refractivity contribution >= 4 is 11.0 Å². The Morgan fingerprint density at radius 3 is 2.00 bits per heavy atom. The van der Waals surface area contributed by atoms with E-state index in [-0.39, 0.29) is 11.0 Å². The van der Waals surface area contributed by atoms with Crippen LogP contribution in [-0.4, -0.2) is 22.1 Å². The number of halogens is 7. The van der Waals surface area contributed by atoms with E-state index in [4.69, 9.17) is 0 Å². The molecule has 2 aromatic rings. The van der Waals surface area contributed by atoms with Gasteiger partial charge in [0.25, 0.3) is 0 Å². The van der Waals surface area contributed by atoms with Gasteiger partial charge in [0.05, 0.1) is 11.0 Å². The van der Waals surface area contributed by atoms with Gasteiger partial charge in [0, 0.05) is 0 Å². The van der Waals surface area contributed by atoms with Crippen LogP contribution in [0.5, 0.6) is 0 Å². The van der Waals surface area contributed by atoms with Crippen molar-refractivity contribution in [2.75, 3.05) is 0 Å². The second-order valence-corrected chi connectivity index (χ2v) is 3.75. The van der Waals surface area contributed by atoms with Crippen molar-refractivity contribution < 1.29 is 30.7 Å². The fraction of sp³-hybridized carbons (Fsp3) is 0.300. The van der Waals surface area contributed by atoms with Crippen LogP contribution in [0.3, 0.4) is 0 Å². The van der Waals surface area contributed by atoms with Gasteiger partial charge in [0.2, 0.25) is 0 Å². The Morgan fingerprint density at radius 2 is 1.47 bits per heavy atom. The maximum Gasteiger partial charge on any atom is 0.460 e. The fourth-order valence-corrected chi connectivity index (χ4v) is 1.43. The van der Waals surface area contributed by atoms with Gasteiger partial charge >= 0.3 is 18.0 Å². The molecule has 0 spiro atoms. The highest BCUT2D eigenvalue weighted by Gasteiger charge is 2.74. The molecular weight excluding hydrogens is 281 g/mol. The van der Waals surface area contributed by atoms with Crippen molar-refractivity contribution in [1.29, 1.82) is 0 Å². The first-order valence-corrected chi connectivity index (χ1v) is 4.85. The number of hydrogen-bond acceptors (Lipinski definition) is 1. The van der Waals surface area contributed by atoms with Crippen molar-refractivity contribution in [3.05, 3.63) is 30.1 Å². The molecule has 104 valence electrons. The number of fused-ring (bicyclic) bond motifs is 1. The molecule has 9 heteroatoms. The molecule has 1 aromatic heterocycles. The van der Waals surface area contributed by atoms with Gasteiger partial charge in [-0.05, 0) is 12.1 Å². The molecule has 0 aliphatic carbocycles. The highest BCUT2D eigenvalue weighted by Crippen LogP contribution is 2.51. The molecule has 0 fully saturated rings. The molecule has 1 N–H and O–H groups in total. The smallest absolute Gasteiger partial charge is 0.337 e. The zero-order chi connectivity index (χ0) is 14.5. The van der Waals surface area contributed by atoms with Gasteiger partial charge in [-0.3, -0.25) is 0 Å². The summed E-state index contributed by atoms with van der Waals surface area (Å²) in [6, 6.07) is 5.21. The molecule has 0 aliphatic heterocycles. The summed E-state index contributed by atoms with van der Waals surface area (Å²) < 4.78 is 88.2. The normalized spacial score (nSPS) is 14.1. The maximum atomic E-state index is 13.3. The molecule has 1 heterocycles. The minimum Gasteiger partial charge on any atom is -0.337 e. The molecule has 0 saturated heterocycles. The molecule has 0 saturated carbocycles. The Bertz CT molecular complexity index is 566. The Kier molecular flexibility index (Phi) is 2.76. The summed E-state index contributed by atoms with van der Waals surface area (Å²) >= 11 is 0. The molecule has 0 bridgehead atoms. The molecule has 0 amide bonds. The van der Waals surface area contributed by atoms with Gasteiger partial charge in [-0.15, -0.1) is 0 Å². The Balaban J connectivity index is 2.55. The van der Waals surface area contributed by atoms with Crippen LogP contribution in [0, 0.1) is 0 Å². The SMILES string of the molecule is FC(F)(F)C(F)(F)C(F)(F)c1nc2ccccc2[nH]1. The van der Waals surface area contributed by atoms with Crippen LogP contribution in [0.2, 0.25) is 0 Å². The number of benzene rings is 1. The van der Waals surface area contributed by atoms with Crippen molar-refractivity contribution in [2.45, 2.75) is 18.0 Å². The van der Waals surface area contributed by atoms with E-state index < -0.39 is 23.8 Å². The van der Waals surface area contributed by atoms with Crippen molar-refractivity contribution in [3.63, 3.8) is 0 Å². The largest absolute Gasteiger partial charge is 0.460 e. The lowest BCUT2D eigenvalue weighted by molar-refractivity contribution is -0.361. The number of nitrogens with one attached hydrogen (secondary N) is 1. The second kappa shape index (κ2) is 3.84. The van der Waals surface area contributed by atoms with Crippen molar-refractivity contribution in [1.82, 2.24) is 9.97 Å². The van der Waals surface area contributed by atoms with Crippen molar-refractivity contribution in [3.8, 4) is 0 Å². The van der Waals surface area contributed by atoms with Gasteiger partial charge in [0.1, 0.15) is 0 Å². The van der Waals surface area contributed by atoms with Crippen LogP contribution in [0.4, 0.5) is 30.7 Å². The first kappa shape index (κ1) is 13.6. The van der Waals surface area contributed by atoms with Crippen LogP contribution >= 0.6 is 0 Å². The number of imidazole rings is 1. The number of nitrogens with zero attached hydrogens (tertiary/aromatic N) is 1. The number of para-hydroxylation sites is 2. The summed E-state index contributed by atoms with van der Waals surface area (Å²) in [5.41, 5.74) is -0.190. The van der Waals surface area contributed by atoms with Gasteiger partial charge < -0.3 is 4.98 Å². The third-order valence-electron chi connectivity index (χ3n) is 2.44. The van der Waals surface area contributed by atoms with E-state index in [0.717, 1.165) is 0 Å².